The molecule has 0 atom stereocenters. The fraction of sp³-hybridized carbons (Fsp3) is 0.357. The zero-order valence-electron chi connectivity index (χ0n) is 11.8. The van der Waals surface area contributed by atoms with Crippen molar-refractivity contribution in [2.24, 2.45) is 0 Å². The van der Waals surface area contributed by atoms with Crippen LogP contribution in [0, 0.1) is 0 Å². The highest BCUT2D eigenvalue weighted by molar-refractivity contribution is 7.99. The van der Waals surface area contributed by atoms with Gasteiger partial charge in [0.25, 0.3) is 0 Å². The number of carbonyl (C=O) groups excluding carboxylic acids is 1. The highest BCUT2D eigenvalue weighted by Gasteiger charge is 2.29. The van der Waals surface area contributed by atoms with Crippen molar-refractivity contribution in [1.29, 1.82) is 0 Å². The molecule has 0 saturated heterocycles. The van der Waals surface area contributed by atoms with Gasteiger partial charge in [-0.15, -0.1) is 10.2 Å². The predicted octanol–water partition coefficient (Wildman–Crippen LogP) is 1.93. The Hall–Kier alpha value is -1.73. The zero-order valence-corrected chi connectivity index (χ0v) is 13.4. The summed E-state index contributed by atoms with van der Waals surface area (Å²) in [5.41, 5.74) is 0.962. The first-order valence-electron chi connectivity index (χ1n) is 6.98. The smallest absolute Gasteiger partial charge is 0.230 e. The lowest BCUT2D eigenvalue weighted by molar-refractivity contribution is -0.118. The number of nitrogen functional groups attached to an aromatic ring is 1. The summed E-state index contributed by atoms with van der Waals surface area (Å²) in [7, 11) is 0. The minimum atomic E-state index is -0.0825. The van der Waals surface area contributed by atoms with Crippen molar-refractivity contribution >= 4 is 29.3 Å². The van der Waals surface area contributed by atoms with Crippen LogP contribution in [0.3, 0.4) is 0 Å². The molecule has 1 aromatic heterocycles. The number of amides is 1. The molecule has 1 amide bonds. The van der Waals surface area contributed by atoms with Crippen molar-refractivity contribution in [3.05, 3.63) is 40.7 Å². The number of carbonyl (C=O) groups is 1. The maximum absolute atomic E-state index is 11.9. The van der Waals surface area contributed by atoms with Gasteiger partial charge in [0, 0.05) is 17.5 Å². The van der Waals surface area contributed by atoms with Crippen LogP contribution in [0.2, 0.25) is 5.02 Å². The molecule has 0 aliphatic heterocycles. The van der Waals surface area contributed by atoms with Crippen molar-refractivity contribution in [3.63, 3.8) is 0 Å². The third kappa shape index (κ3) is 3.72. The third-order valence-electron chi connectivity index (χ3n) is 3.34. The molecule has 116 valence electrons. The molecule has 0 radical (unpaired) electrons. The number of thioether (sulfide) groups is 1. The Morgan fingerprint density at radius 2 is 2.27 bits per heavy atom. The van der Waals surface area contributed by atoms with Gasteiger partial charge in [-0.2, -0.15) is 0 Å². The highest BCUT2D eigenvalue weighted by atomic mass is 35.5. The molecule has 6 nitrogen and oxygen atoms in total. The molecular weight excluding hydrogens is 322 g/mol. The minimum absolute atomic E-state index is 0.0825. The second kappa shape index (κ2) is 6.58. The van der Waals surface area contributed by atoms with Gasteiger partial charge in [-0.05, 0) is 30.5 Å². The fourth-order valence-electron chi connectivity index (χ4n) is 2.04. The van der Waals surface area contributed by atoms with Gasteiger partial charge < -0.3 is 11.2 Å². The van der Waals surface area contributed by atoms with E-state index in [1.807, 2.05) is 18.2 Å². The number of benzene rings is 1. The Balaban J connectivity index is 1.48. The molecule has 1 heterocycles. The van der Waals surface area contributed by atoms with E-state index >= 15 is 0 Å². The van der Waals surface area contributed by atoms with E-state index in [1.165, 1.54) is 16.4 Å². The Morgan fingerprint density at radius 1 is 1.45 bits per heavy atom. The standard InChI is InChI=1S/C14H16ClN5OS/c15-11-3-1-2-9(6-11)7-17-12(21)8-22-14-19-18-13(20(14)16)10-4-5-10/h1-3,6,10H,4-5,7-8,16H2,(H,17,21). The van der Waals surface area contributed by atoms with Crippen molar-refractivity contribution in [2.75, 3.05) is 11.6 Å². The summed E-state index contributed by atoms with van der Waals surface area (Å²) in [5, 5.41) is 12.2. The van der Waals surface area contributed by atoms with Crippen molar-refractivity contribution in [1.82, 2.24) is 20.2 Å². The molecule has 0 spiro atoms. The van der Waals surface area contributed by atoms with Gasteiger partial charge in [0.05, 0.1) is 5.75 Å². The molecule has 1 aromatic carbocycles. The van der Waals surface area contributed by atoms with Crippen LogP contribution in [0.4, 0.5) is 0 Å². The Kier molecular flexibility index (Phi) is 4.54. The maximum atomic E-state index is 11.9. The summed E-state index contributed by atoms with van der Waals surface area (Å²) in [6.07, 6.45) is 2.22. The monoisotopic (exact) mass is 337 g/mol. The van der Waals surface area contributed by atoms with Crippen molar-refractivity contribution in [2.45, 2.75) is 30.5 Å². The van der Waals surface area contributed by atoms with Crippen LogP contribution in [-0.2, 0) is 11.3 Å². The number of nitrogens with zero attached hydrogens (tertiary/aromatic N) is 3. The normalized spacial score (nSPS) is 14.0. The summed E-state index contributed by atoms with van der Waals surface area (Å²) in [4.78, 5) is 11.9. The van der Waals surface area contributed by atoms with Crippen LogP contribution < -0.4 is 11.2 Å². The number of nitrogens with one attached hydrogen (secondary N) is 1. The van der Waals surface area contributed by atoms with Crippen LogP contribution in [0.5, 0.6) is 0 Å². The molecule has 1 saturated carbocycles. The Labute approximate surface area is 137 Å². The van der Waals surface area contributed by atoms with E-state index in [0.717, 1.165) is 24.2 Å². The van der Waals surface area contributed by atoms with E-state index in [1.54, 1.807) is 6.07 Å². The lowest BCUT2D eigenvalue weighted by atomic mass is 10.2. The van der Waals surface area contributed by atoms with Gasteiger partial charge in [0.15, 0.2) is 5.82 Å². The lowest BCUT2D eigenvalue weighted by Gasteiger charge is -2.06. The highest BCUT2D eigenvalue weighted by Crippen LogP contribution is 2.39. The summed E-state index contributed by atoms with van der Waals surface area (Å²) < 4.78 is 1.49. The first-order chi connectivity index (χ1) is 10.6. The minimum Gasteiger partial charge on any atom is -0.351 e. The molecule has 1 aliphatic carbocycles. The van der Waals surface area contributed by atoms with E-state index in [4.69, 9.17) is 17.4 Å². The van der Waals surface area contributed by atoms with Crippen LogP contribution in [0.25, 0.3) is 0 Å². The fourth-order valence-corrected chi connectivity index (χ4v) is 2.94. The number of hydrogen-bond acceptors (Lipinski definition) is 5. The molecule has 1 aliphatic rings. The number of hydrogen-bond donors (Lipinski definition) is 2. The first kappa shape index (κ1) is 15.2. The molecule has 22 heavy (non-hydrogen) atoms. The summed E-state index contributed by atoms with van der Waals surface area (Å²) in [6.45, 7) is 0.447. The lowest BCUT2D eigenvalue weighted by Crippen LogP contribution is -2.25. The van der Waals surface area contributed by atoms with Gasteiger partial charge in [-0.25, -0.2) is 4.68 Å². The molecule has 0 bridgehead atoms. The number of rotatable bonds is 6. The predicted molar refractivity (Wildman–Crippen MR) is 86.2 cm³/mol. The summed E-state index contributed by atoms with van der Waals surface area (Å²) in [5.74, 6) is 7.35. The molecule has 1 fully saturated rings. The van der Waals surface area contributed by atoms with E-state index in [2.05, 4.69) is 15.5 Å². The van der Waals surface area contributed by atoms with E-state index in [-0.39, 0.29) is 11.7 Å². The third-order valence-corrected chi connectivity index (χ3v) is 4.52. The number of aromatic nitrogens is 3. The van der Waals surface area contributed by atoms with E-state index in [0.29, 0.717) is 22.6 Å². The Morgan fingerprint density at radius 3 is 3.00 bits per heavy atom. The molecule has 3 rings (SSSR count). The van der Waals surface area contributed by atoms with Crippen LogP contribution >= 0.6 is 23.4 Å². The maximum Gasteiger partial charge on any atom is 0.230 e. The van der Waals surface area contributed by atoms with Crippen molar-refractivity contribution in [3.8, 4) is 0 Å². The van der Waals surface area contributed by atoms with Gasteiger partial charge in [0.1, 0.15) is 0 Å². The summed E-state index contributed by atoms with van der Waals surface area (Å²) >= 11 is 7.19. The Bertz CT molecular complexity index is 686. The number of nitrogens with two attached hydrogens (primary N) is 1. The average molecular weight is 338 g/mol. The first-order valence-corrected chi connectivity index (χ1v) is 8.34. The summed E-state index contributed by atoms with van der Waals surface area (Å²) in [6, 6.07) is 7.40. The molecule has 2 aromatic rings. The zero-order chi connectivity index (χ0) is 15.5. The molecular formula is C14H16ClN5OS. The van der Waals surface area contributed by atoms with Gasteiger partial charge in [-0.1, -0.05) is 35.5 Å². The van der Waals surface area contributed by atoms with Crippen molar-refractivity contribution < 1.29 is 4.79 Å². The van der Waals surface area contributed by atoms with Crippen LogP contribution in [-0.4, -0.2) is 26.5 Å². The average Bonchev–Trinajstić information content (AvgIpc) is 3.27. The quantitative estimate of drug-likeness (QED) is 0.621. The second-order valence-electron chi connectivity index (χ2n) is 5.18. The topological polar surface area (TPSA) is 85.8 Å². The number of halogens is 1. The van der Waals surface area contributed by atoms with E-state index in [9.17, 15) is 4.79 Å². The van der Waals surface area contributed by atoms with Crippen LogP contribution in [0.15, 0.2) is 29.4 Å². The van der Waals surface area contributed by atoms with E-state index < -0.39 is 0 Å². The second-order valence-corrected chi connectivity index (χ2v) is 6.56. The van der Waals surface area contributed by atoms with Gasteiger partial charge >= 0.3 is 0 Å². The molecule has 0 unspecified atom stereocenters. The van der Waals surface area contributed by atoms with Crippen LogP contribution in [0.1, 0.15) is 30.1 Å². The van der Waals surface area contributed by atoms with Gasteiger partial charge in [0.2, 0.25) is 11.1 Å². The SMILES string of the molecule is Nn1c(SCC(=O)NCc2cccc(Cl)c2)nnc1C1CC1. The molecule has 8 heteroatoms. The largest absolute Gasteiger partial charge is 0.351 e. The van der Waals surface area contributed by atoms with Gasteiger partial charge in [-0.3, -0.25) is 4.79 Å². The molecule has 3 N–H and O–H groups in total.